The number of hydrogen-bond donors (Lipinski definition) is 4. The Morgan fingerprint density at radius 1 is 1.07 bits per heavy atom. The number of halogens is 1. The number of hydrogen-bond acceptors (Lipinski definition) is 6. The molecule has 0 bridgehead atoms. The van der Waals surface area contributed by atoms with Crippen molar-refractivity contribution < 1.29 is 34.3 Å². The van der Waals surface area contributed by atoms with E-state index < -0.39 is 30.2 Å². The molecule has 1 aliphatic heterocycles. The van der Waals surface area contributed by atoms with Crippen molar-refractivity contribution in [3.63, 3.8) is 0 Å². The summed E-state index contributed by atoms with van der Waals surface area (Å²) in [4.78, 5) is 0. The van der Waals surface area contributed by atoms with Gasteiger partial charge in [-0.25, -0.2) is 4.39 Å². The van der Waals surface area contributed by atoms with Crippen LogP contribution < -0.4 is 4.74 Å². The number of ether oxygens (including phenoxy) is 2. The fourth-order valence-electron chi connectivity index (χ4n) is 3.13. The zero-order valence-corrected chi connectivity index (χ0v) is 14.9. The molecule has 6 nitrogen and oxygen atoms in total. The van der Waals surface area contributed by atoms with Gasteiger partial charge in [-0.15, -0.1) is 0 Å². The summed E-state index contributed by atoms with van der Waals surface area (Å²) in [6, 6.07) is 13.1. The molecule has 1 aliphatic rings. The third-order valence-electron chi connectivity index (χ3n) is 4.93. The average molecular weight is 378 g/mol. The summed E-state index contributed by atoms with van der Waals surface area (Å²) in [6.07, 6.45) is -2.23. The van der Waals surface area contributed by atoms with E-state index in [0.717, 1.165) is 11.1 Å². The van der Waals surface area contributed by atoms with E-state index in [9.17, 15) is 24.8 Å². The second-order valence-corrected chi connectivity index (χ2v) is 6.93. The van der Waals surface area contributed by atoms with Gasteiger partial charge in [0.25, 0.3) is 5.79 Å². The summed E-state index contributed by atoms with van der Waals surface area (Å²) in [5, 5.41) is 40.2. The maximum absolute atomic E-state index is 13.0. The molecule has 0 saturated carbocycles. The average Bonchev–Trinajstić information content (AvgIpc) is 2.66. The highest BCUT2D eigenvalue weighted by atomic mass is 19.1. The van der Waals surface area contributed by atoms with Crippen LogP contribution in [-0.2, 0) is 11.2 Å². The highest BCUT2D eigenvalue weighted by molar-refractivity contribution is 5.32. The summed E-state index contributed by atoms with van der Waals surface area (Å²) in [6.45, 7) is 0.223. The van der Waals surface area contributed by atoms with Crippen LogP contribution in [0.4, 0.5) is 4.39 Å². The molecule has 1 saturated heterocycles. The molecule has 0 spiro atoms. The molecular weight excluding hydrogens is 355 g/mol. The minimum absolute atomic E-state index is 0.288. The van der Waals surface area contributed by atoms with Gasteiger partial charge >= 0.3 is 0 Å². The lowest BCUT2D eigenvalue weighted by Gasteiger charge is -2.50. The second kappa shape index (κ2) is 7.53. The van der Waals surface area contributed by atoms with Crippen molar-refractivity contribution in [1.82, 2.24) is 0 Å². The van der Waals surface area contributed by atoms with Crippen LogP contribution in [0.15, 0.2) is 48.5 Å². The molecule has 2 aromatic rings. The van der Waals surface area contributed by atoms with Gasteiger partial charge in [0.1, 0.15) is 30.4 Å². The zero-order chi connectivity index (χ0) is 19.7. The Morgan fingerprint density at radius 2 is 1.63 bits per heavy atom. The smallest absolute Gasteiger partial charge is 0.265 e. The molecule has 4 atom stereocenters. The molecule has 3 rings (SSSR count). The number of benzene rings is 2. The van der Waals surface area contributed by atoms with Crippen LogP contribution in [0.2, 0.25) is 0 Å². The third kappa shape index (κ3) is 3.83. The summed E-state index contributed by atoms with van der Waals surface area (Å²) in [5.74, 6) is -1.89. The molecule has 4 N–H and O–H groups in total. The van der Waals surface area contributed by atoms with Crippen LogP contribution in [0.25, 0.3) is 0 Å². The van der Waals surface area contributed by atoms with E-state index in [-0.39, 0.29) is 12.4 Å². The fourth-order valence-corrected chi connectivity index (χ4v) is 3.13. The first-order valence-electron chi connectivity index (χ1n) is 8.63. The predicted molar refractivity (Wildman–Crippen MR) is 94.7 cm³/mol. The van der Waals surface area contributed by atoms with Gasteiger partial charge in [-0.3, -0.25) is 0 Å². The molecule has 0 aliphatic carbocycles. The standard InChI is InChI=1S/C20H23FO6/c1-19(25)18(24)17(23)11-26-20(19,12-22)27-16-8-4-14(5-9-16)10-13-2-6-15(21)7-3-13/h2-9,17-18,22-25H,10-12H2,1H3. The normalized spacial score (nSPS) is 30.9. The van der Waals surface area contributed by atoms with Crippen molar-refractivity contribution >= 4 is 0 Å². The van der Waals surface area contributed by atoms with Crippen LogP contribution in [-0.4, -0.2) is 57.2 Å². The summed E-state index contributed by atoms with van der Waals surface area (Å²) < 4.78 is 24.1. The quantitative estimate of drug-likeness (QED) is 0.619. The Morgan fingerprint density at radius 3 is 2.19 bits per heavy atom. The predicted octanol–water partition coefficient (Wildman–Crippen LogP) is 0.987. The van der Waals surface area contributed by atoms with E-state index in [1.54, 1.807) is 36.4 Å². The van der Waals surface area contributed by atoms with Crippen molar-refractivity contribution in [1.29, 1.82) is 0 Å². The minimum Gasteiger partial charge on any atom is -0.457 e. The maximum Gasteiger partial charge on any atom is 0.265 e. The van der Waals surface area contributed by atoms with E-state index in [4.69, 9.17) is 9.47 Å². The molecular formula is C20H23FO6. The van der Waals surface area contributed by atoms with E-state index in [0.29, 0.717) is 12.2 Å². The monoisotopic (exact) mass is 378 g/mol. The molecule has 0 amide bonds. The van der Waals surface area contributed by atoms with Crippen LogP contribution >= 0.6 is 0 Å². The largest absolute Gasteiger partial charge is 0.457 e. The van der Waals surface area contributed by atoms with Crippen molar-refractivity contribution in [2.45, 2.75) is 36.9 Å². The molecule has 27 heavy (non-hydrogen) atoms. The van der Waals surface area contributed by atoms with Gasteiger partial charge in [0, 0.05) is 0 Å². The van der Waals surface area contributed by atoms with Gasteiger partial charge in [-0.1, -0.05) is 24.3 Å². The molecule has 4 unspecified atom stereocenters. The van der Waals surface area contributed by atoms with Gasteiger partial charge in [0.2, 0.25) is 0 Å². The van der Waals surface area contributed by atoms with Crippen molar-refractivity contribution in [2.75, 3.05) is 13.2 Å². The third-order valence-corrected chi connectivity index (χ3v) is 4.93. The second-order valence-electron chi connectivity index (χ2n) is 6.93. The van der Waals surface area contributed by atoms with Crippen LogP contribution in [0.3, 0.4) is 0 Å². The first-order chi connectivity index (χ1) is 12.8. The van der Waals surface area contributed by atoms with E-state index >= 15 is 0 Å². The topological polar surface area (TPSA) is 99.4 Å². The van der Waals surface area contributed by atoms with Crippen LogP contribution in [0.1, 0.15) is 18.1 Å². The van der Waals surface area contributed by atoms with Gasteiger partial charge in [-0.05, 0) is 48.7 Å². The van der Waals surface area contributed by atoms with E-state index in [1.807, 2.05) is 0 Å². The number of rotatable bonds is 5. The first-order valence-corrected chi connectivity index (χ1v) is 8.63. The Kier molecular flexibility index (Phi) is 5.50. The summed E-state index contributed by atoms with van der Waals surface area (Å²) in [5.41, 5.74) is -0.127. The molecule has 0 aromatic heterocycles. The fraction of sp³-hybridized carbons (Fsp3) is 0.400. The highest BCUT2D eigenvalue weighted by Gasteiger charge is 2.60. The van der Waals surface area contributed by atoms with E-state index in [2.05, 4.69) is 0 Å². The van der Waals surface area contributed by atoms with Crippen molar-refractivity contribution in [3.05, 3.63) is 65.5 Å². The Balaban J connectivity index is 1.75. The van der Waals surface area contributed by atoms with Gasteiger partial charge in [-0.2, -0.15) is 0 Å². The first kappa shape index (κ1) is 19.7. The Bertz CT molecular complexity index is 761. The summed E-state index contributed by atoms with van der Waals surface area (Å²) in [7, 11) is 0. The molecule has 1 fully saturated rings. The molecule has 146 valence electrons. The number of aliphatic hydroxyl groups excluding tert-OH is 3. The number of aliphatic hydroxyl groups is 4. The van der Waals surface area contributed by atoms with Crippen LogP contribution in [0, 0.1) is 5.82 Å². The minimum atomic E-state index is -2.04. The van der Waals surface area contributed by atoms with Crippen molar-refractivity contribution in [3.8, 4) is 5.75 Å². The van der Waals surface area contributed by atoms with Crippen LogP contribution in [0.5, 0.6) is 5.75 Å². The Labute approximate surface area is 156 Å². The lowest BCUT2D eigenvalue weighted by atomic mass is 9.83. The Hall–Kier alpha value is -2.03. The van der Waals surface area contributed by atoms with Gasteiger partial charge < -0.3 is 29.9 Å². The van der Waals surface area contributed by atoms with Gasteiger partial charge in [0.05, 0.1) is 6.61 Å². The van der Waals surface area contributed by atoms with E-state index in [1.165, 1.54) is 19.1 Å². The maximum atomic E-state index is 13.0. The molecule has 7 heteroatoms. The van der Waals surface area contributed by atoms with Gasteiger partial charge in [0.15, 0.2) is 5.60 Å². The van der Waals surface area contributed by atoms with Crippen molar-refractivity contribution in [2.24, 2.45) is 0 Å². The molecule has 1 heterocycles. The molecule has 0 radical (unpaired) electrons. The molecule has 2 aromatic carbocycles. The zero-order valence-electron chi connectivity index (χ0n) is 14.9. The SMILES string of the molecule is CC1(O)C(O)C(O)COC1(CO)Oc1ccc(Cc2ccc(F)cc2)cc1. The highest BCUT2D eigenvalue weighted by Crippen LogP contribution is 2.37. The lowest BCUT2D eigenvalue weighted by molar-refractivity contribution is -0.357. The summed E-state index contributed by atoms with van der Waals surface area (Å²) >= 11 is 0. The lowest BCUT2D eigenvalue weighted by Crippen LogP contribution is -2.72.